The Balaban J connectivity index is 2.33. The molecule has 1 N–H and O–H groups in total. The molecule has 1 atom stereocenters. The van der Waals surface area contributed by atoms with Crippen LogP contribution in [0.25, 0.3) is 0 Å². The van der Waals surface area contributed by atoms with E-state index >= 15 is 0 Å². The third kappa shape index (κ3) is 4.43. The zero-order valence-electron chi connectivity index (χ0n) is 9.61. The molecule has 0 saturated carbocycles. The fraction of sp³-hybridized carbons (Fsp3) is 0.909. The molecule has 1 rings (SSSR count). The van der Waals surface area contributed by atoms with E-state index in [1.165, 1.54) is 6.42 Å². The Morgan fingerprint density at radius 3 is 2.93 bits per heavy atom. The number of rotatable bonds is 5. The molecule has 1 aliphatic rings. The molecule has 3 nitrogen and oxygen atoms in total. The molecular formula is C11H21NO2S. The molecule has 1 heterocycles. The molecule has 0 spiro atoms. The van der Waals surface area contributed by atoms with E-state index in [0.29, 0.717) is 5.92 Å². The standard InChI is InChI=1S/C11H21NO2S/c1-9(2)4-3-5-12-6-7-15-8-10(12)11(13)14/h9-10H,3-8H2,1-2H3,(H,13,14). The monoisotopic (exact) mass is 231 g/mol. The van der Waals surface area contributed by atoms with Crippen LogP contribution in [0.4, 0.5) is 0 Å². The lowest BCUT2D eigenvalue weighted by atomic mass is 10.1. The molecule has 1 unspecified atom stereocenters. The molecule has 0 aromatic heterocycles. The SMILES string of the molecule is CC(C)CCCN1CCSCC1C(=O)O. The third-order valence-electron chi connectivity index (χ3n) is 2.75. The Bertz CT molecular complexity index is 209. The number of hydrogen-bond acceptors (Lipinski definition) is 3. The fourth-order valence-corrected chi connectivity index (χ4v) is 2.94. The average molecular weight is 231 g/mol. The molecule has 0 aromatic carbocycles. The van der Waals surface area contributed by atoms with Gasteiger partial charge in [-0.1, -0.05) is 13.8 Å². The zero-order valence-corrected chi connectivity index (χ0v) is 10.4. The van der Waals surface area contributed by atoms with E-state index in [4.69, 9.17) is 5.11 Å². The van der Waals surface area contributed by atoms with Crippen molar-refractivity contribution in [2.75, 3.05) is 24.6 Å². The first kappa shape index (κ1) is 12.8. The van der Waals surface area contributed by atoms with E-state index < -0.39 is 5.97 Å². The van der Waals surface area contributed by atoms with Gasteiger partial charge in [-0.25, -0.2) is 0 Å². The summed E-state index contributed by atoms with van der Waals surface area (Å²) in [5, 5.41) is 9.06. The van der Waals surface area contributed by atoms with Gasteiger partial charge in [0, 0.05) is 18.1 Å². The van der Waals surface area contributed by atoms with Crippen molar-refractivity contribution in [1.82, 2.24) is 4.90 Å². The van der Waals surface area contributed by atoms with Gasteiger partial charge in [0.2, 0.25) is 0 Å². The molecule has 0 bridgehead atoms. The largest absolute Gasteiger partial charge is 0.480 e. The maximum absolute atomic E-state index is 11.0. The van der Waals surface area contributed by atoms with E-state index in [0.717, 1.165) is 31.0 Å². The van der Waals surface area contributed by atoms with Crippen molar-refractivity contribution in [2.45, 2.75) is 32.7 Å². The molecule has 15 heavy (non-hydrogen) atoms. The van der Waals surface area contributed by atoms with E-state index in [-0.39, 0.29) is 6.04 Å². The lowest BCUT2D eigenvalue weighted by Crippen LogP contribution is -2.47. The number of carbonyl (C=O) groups is 1. The second kappa shape index (κ2) is 6.38. The molecular weight excluding hydrogens is 210 g/mol. The highest BCUT2D eigenvalue weighted by atomic mass is 32.2. The molecule has 0 radical (unpaired) electrons. The molecule has 1 saturated heterocycles. The quantitative estimate of drug-likeness (QED) is 0.785. The fourth-order valence-electron chi connectivity index (χ4n) is 1.84. The maximum Gasteiger partial charge on any atom is 0.321 e. The minimum absolute atomic E-state index is 0.254. The third-order valence-corrected chi connectivity index (χ3v) is 3.77. The summed E-state index contributed by atoms with van der Waals surface area (Å²) in [6.45, 7) is 6.29. The predicted octanol–water partition coefficient (Wildman–Crippen LogP) is 1.92. The van der Waals surface area contributed by atoms with Gasteiger partial charge in [0.15, 0.2) is 0 Å². The summed E-state index contributed by atoms with van der Waals surface area (Å²) in [6, 6.07) is -0.254. The van der Waals surface area contributed by atoms with Crippen LogP contribution in [0.5, 0.6) is 0 Å². The number of nitrogens with zero attached hydrogens (tertiary/aromatic N) is 1. The molecule has 0 amide bonds. The Labute approximate surface area is 96.2 Å². The minimum atomic E-state index is -0.660. The summed E-state index contributed by atoms with van der Waals surface area (Å²) in [5.74, 6) is 1.88. The van der Waals surface area contributed by atoms with Gasteiger partial charge in [0.05, 0.1) is 0 Å². The highest BCUT2D eigenvalue weighted by Crippen LogP contribution is 2.17. The first-order chi connectivity index (χ1) is 7.11. The van der Waals surface area contributed by atoms with Crippen LogP contribution in [0.15, 0.2) is 0 Å². The molecule has 0 aliphatic carbocycles. The summed E-state index contributed by atoms with van der Waals surface area (Å²) >= 11 is 1.75. The van der Waals surface area contributed by atoms with E-state index in [9.17, 15) is 4.79 Å². The molecule has 0 aromatic rings. The first-order valence-corrected chi connectivity index (χ1v) is 6.81. The van der Waals surface area contributed by atoms with Gasteiger partial charge in [0.25, 0.3) is 0 Å². The normalized spacial score (nSPS) is 23.3. The van der Waals surface area contributed by atoms with Crippen LogP contribution in [0.3, 0.4) is 0 Å². The molecule has 88 valence electrons. The second-order valence-corrected chi connectivity index (χ2v) is 5.65. The highest BCUT2D eigenvalue weighted by molar-refractivity contribution is 7.99. The van der Waals surface area contributed by atoms with Crippen LogP contribution in [-0.2, 0) is 4.79 Å². The summed E-state index contributed by atoms with van der Waals surface area (Å²) in [4.78, 5) is 13.1. The number of aliphatic carboxylic acids is 1. The van der Waals surface area contributed by atoms with Crippen molar-refractivity contribution < 1.29 is 9.90 Å². The van der Waals surface area contributed by atoms with Gasteiger partial charge in [-0.3, -0.25) is 9.69 Å². The van der Waals surface area contributed by atoms with Gasteiger partial charge >= 0.3 is 5.97 Å². The van der Waals surface area contributed by atoms with Gasteiger partial charge < -0.3 is 5.11 Å². The first-order valence-electron chi connectivity index (χ1n) is 5.66. The van der Waals surface area contributed by atoms with Crippen molar-refractivity contribution in [3.8, 4) is 0 Å². The van der Waals surface area contributed by atoms with E-state index in [1.807, 2.05) is 0 Å². The summed E-state index contributed by atoms with van der Waals surface area (Å²) < 4.78 is 0. The lowest BCUT2D eigenvalue weighted by Gasteiger charge is -2.32. The summed E-state index contributed by atoms with van der Waals surface area (Å²) in [6.07, 6.45) is 2.31. The summed E-state index contributed by atoms with van der Waals surface area (Å²) in [7, 11) is 0. The predicted molar refractivity (Wildman–Crippen MR) is 64.4 cm³/mol. The van der Waals surface area contributed by atoms with Gasteiger partial charge in [-0.05, 0) is 25.3 Å². The van der Waals surface area contributed by atoms with Crippen LogP contribution in [0.2, 0.25) is 0 Å². The van der Waals surface area contributed by atoms with Crippen molar-refractivity contribution in [3.05, 3.63) is 0 Å². The molecule has 1 aliphatic heterocycles. The number of hydrogen-bond donors (Lipinski definition) is 1. The van der Waals surface area contributed by atoms with Gasteiger partial charge in [-0.15, -0.1) is 0 Å². The van der Waals surface area contributed by atoms with E-state index in [1.54, 1.807) is 11.8 Å². The van der Waals surface area contributed by atoms with Gasteiger partial charge in [0.1, 0.15) is 6.04 Å². The van der Waals surface area contributed by atoms with Crippen molar-refractivity contribution >= 4 is 17.7 Å². The Morgan fingerprint density at radius 1 is 1.60 bits per heavy atom. The van der Waals surface area contributed by atoms with Crippen molar-refractivity contribution in [1.29, 1.82) is 0 Å². The smallest absolute Gasteiger partial charge is 0.321 e. The Morgan fingerprint density at radius 2 is 2.33 bits per heavy atom. The number of carboxylic acid groups (broad SMARTS) is 1. The second-order valence-electron chi connectivity index (χ2n) is 4.50. The average Bonchev–Trinajstić information content (AvgIpc) is 2.17. The van der Waals surface area contributed by atoms with Gasteiger partial charge in [-0.2, -0.15) is 11.8 Å². The minimum Gasteiger partial charge on any atom is -0.480 e. The van der Waals surface area contributed by atoms with Crippen molar-refractivity contribution in [3.63, 3.8) is 0 Å². The van der Waals surface area contributed by atoms with Crippen LogP contribution in [0, 0.1) is 5.92 Å². The lowest BCUT2D eigenvalue weighted by molar-refractivity contribution is -0.142. The van der Waals surface area contributed by atoms with Crippen LogP contribution < -0.4 is 0 Å². The Kier molecular flexibility index (Phi) is 5.47. The topological polar surface area (TPSA) is 40.5 Å². The van der Waals surface area contributed by atoms with Crippen LogP contribution >= 0.6 is 11.8 Å². The number of thioether (sulfide) groups is 1. The van der Waals surface area contributed by atoms with Crippen LogP contribution in [0.1, 0.15) is 26.7 Å². The van der Waals surface area contributed by atoms with Crippen LogP contribution in [-0.4, -0.2) is 46.6 Å². The maximum atomic E-state index is 11.0. The van der Waals surface area contributed by atoms with E-state index in [2.05, 4.69) is 18.7 Å². The molecule has 1 fully saturated rings. The Hall–Kier alpha value is -0.220. The van der Waals surface area contributed by atoms with Crippen molar-refractivity contribution in [2.24, 2.45) is 5.92 Å². The highest BCUT2D eigenvalue weighted by Gasteiger charge is 2.27. The molecule has 4 heteroatoms. The number of carboxylic acids is 1. The summed E-state index contributed by atoms with van der Waals surface area (Å²) in [5.41, 5.74) is 0. The zero-order chi connectivity index (χ0) is 11.3.